The molecule has 2 fully saturated rings. The van der Waals surface area contributed by atoms with Crippen LogP contribution in [0.15, 0.2) is 18.2 Å². The molecule has 4 rings (SSSR count). The quantitative estimate of drug-likeness (QED) is 0.770. The standard InChI is InChI=1S/C21H28N4O3.ClH/c1-14(26)23-13-20(27)25-9-6-15-10-16(2-3-19(15)25)21(28)24-7-4-17-11-22-12-18(17)5-8-24;/h2-3,10,17-18,22H,4-9,11-13H2,1H3,(H,23,26);1H/t17-,18+;. The average Bonchev–Trinajstić information content (AvgIpc) is 3.27. The van der Waals surface area contributed by atoms with Gasteiger partial charge in [0.15, 0.2) is 0 Å². The third kappa shape index (κ3) is 4.56. The molecule has 0 bridgehead atoms. The second-order valence-electron chi connectivity index (χ2n) is 8.10. The molecule has 0 saturated carbocycles. The molecule has 0 aliphatic carbocycles. The SMILES string of the molecule is CC(=O)NCC(=O)N1CCc2cc(C(=O)N3CC[C@@H]4CNC[C@@H]4CC3)ccc21.Cl. The van der Waals surface area contributed by atoms with Crippen LogP contribution in [0.2, 0.25) is 0 Å². The Labute approximate surface area is 177 Å². The fourth-order valence-corrected chi connectivity index (χ4v) is 4.69. The molecule has 8 heteroatoms. The molecule has 7 nitrogen and oxygen atoms in total. The first-order valence-corrected chi connectivity index (χ1v) is 10.2. The molecule has 0 spiro atoms. The maximum absolute atomic E-state index is 13.0. The molecule has 0 aromatic heterocycles. The van der Waals surface area contributed by atoms with Gasteiger partial charge in [0.05, 0.1) is 6.54 Å². The van der Waals surface area contributed by atoms with Crippen LogP contribution in [0.25, 0.3) is 0 Å². The van der Waals surface area contributed by atoms with Crippen molar-refractivity contribution >= 4 is 35.8 Å². The van der Waals surface area contributed by atoms with E-state index in [1.165, 1.54) is 6.92 Å². The monoisotopic (exact) mass is 420 g/mol. The lowest BCUT2D eigenvalue weighted by atomic mass is 9.92. The van der Waals surface area contributed by atoms with Gasteiger partial charge in [0.2, 0.25) is 11.8 Å². The smallest absolute Gasteiger partial charge is 0.253 e. The van der Waals surface area contributed by atoms with E-state index in [0.29, 0.717) is 23.9 Å². The van der Waals surface area contributed by atoms with Gasteiger partial charge in [0.1, 0.15) is 0 Å². The van der Waals surface area contributed by atoms with E-state index in [0.717, 1.165) is 56.7 Å². The van der Waals surface area contributed by atoms with Crippen LogP contribution in [-0.2, 0) is 16.0 Å². The summed E-state index contributed by atoms with van der Waals surface area (Å²) in [4.78, 5) is 40.1. The van der Waals surface area contributed by atoms with E-state index in [1.807, 2.05) is 23.1 Å². The zero-order valence-corrected chi connectivity index (χ0v) is 17.6. The van der Waals surface area contributed by atoms with Crippen molar-refractivity contribution in [1.82, 2.24) is 15.5 Å². The highest BCUT2D eigenvalue weighted by Gasteiger charge is 2.32. The predicted octanol–water partition coefficient (Wildman–Crippen LogP) is 1.21. The van der Waals surface area contributed by atoms with Crippen LogP contribution in [0.1, 0.15) is 35.7 Å². The third-order valence-corrected chi connectivity index (χ3v) is 6.32. The van der Waals surface area contributed by atoms with E-state index < -0.39 is 0 Å². The molecule has 0 unspecified atom stereocenters. The number of rotatable bonds is 3. The number of nitrogens with zero attached hydrogens (tertiary/aromatic N) is 2. The Balaban J connectivity index is 0.00000240. The zero-order valence-electron chi connectivity index (χ0n) is 16.8. The Morgan fingerprint density at radius 2 is 1.79 bits per heavy atom. The Hall–Kier alpha value is -2.12. The predicted molar refractivity (Wildman–Crippen MR) is 113 cm³/mol. The highest BCUT2D eigenvalue weighted by atomic mass is 35.5. The van der Waals surface area contributed by atoms with Crippen LogP contribution in [-0.4, -0.2) is 61.9 Å². The number of hydrogen-bond acceptors (Lipinski definition) is 4. The van der Waals surface area contributed by atoms with E-state index in [1.54, 1.807) is 4.90 Å². The van der Waals surface area contributed by atoms with Gasteiger partial charge >= 0.3 is 0 Å². The van der Waals surface area contributed by atoms with Crippen molar-refractivity contribution in [2.45, 2.75) is 26.2 Å². The molecule has 2 atom stereocenters. The first-order valence-electron chi connectivity index (χ1n) is 10.2. The van der Waals surface area contributed by atoms with Crippen LogP contribution < -0.4 is 15.5 Å². The minimum Gasteiger partial charge on any atom is -0.347 e. The highest BCUT2D eigenvalue weighted by molar-refractivity contribution is 6.00. The van der Waals surface area contributed by atoms with Crippen LogP contribution in [0.3, 0.4) is 0 Å². The van der Waals surface area contributed by atoms with Gasteiger partial charge in [-0.05, 0) is 68.0 Å². The molecule has 3 aliphatic rings. The van der Waals surface area contributed by atoms with Gasteiger partial charge < -0.3 is 20.4 Å². The second kappa shape index (κ2) is 9.13. The number of carbonyl (C=O) groups excluding carboxylic acids is 3. The molecule has 1 aromatic rings. The molecule has 1 aromatic carbocycles. The maximum atomic E-state index is 13.0. The number of carbonyl (C=O) groups is 3. The number of amides is 3. The number of anilines is 1. The minimum atomic E-state index is -0.217. The number of hydrogen-bond donors (Lipinski definition) is 2. The molecule has 3 aliphatic heterocycles. The topological polar surface area (TPSA) is 81.8 Å². The lowest BCUT2D eigenvalue weighted by molar-refractivity contribution is -0.123. The van der Waals surface area contributed by atoms with Crippen molar-refractivity contribution in [1.29, 1.82) is 0 Å². The normalized spacial score (nSPS) is 22.9. The molecule has 29 heavy (non-hydrogen) atoms. The Morgan fingerprint density at radius 1 is 1.10 bits per heavy atom. The van der Waals surface area contributed by atoms with Gasteiger partial charge in [-0.1, -0.05) is 0 Å². The molecule has 2 N–H and O–H groups in total. The largest absolute Gasteiger partial charge is 0.347 e. The molecular weight excluding hydrogens is 392 g/mol. The van der Waals surface area contributed by atoms with E-state index in [9.17, 15) is 14.4 Å². The summed E-state index contributed by atoms with van der Waals surface area (Å²) in [7, 11) is 0. The molecule has 2 saturated heterocycles. The van der Waals surface area contributed by atoms with E-state index in [-0.39, 0.29) is 36.7 Å². The molecule has 3 heterocycles. The Bertz CT molecular complexity index is 786. The molecule has 3 amide bonds. The van der Waals surface area contributed by atoms with E-state index in [2.05, 4.69) is 10.6 Å². The van der Waals surface area contributed by atoms with Crippen molar-refractivity contribution in [2.24, 2.45) is 11.8 Å². The second-order valence-corrected chi connectivity index (χ2v) is 8.10. The van der Waals surface area contributed by atoms with Crippen LogP contribution in [0, 0.1) is 11.8 Å². The number of fused-ring (bicyclic) bond motifs is 2. The van der Waals surface area contributed by atoms with Crippen molar-refractivity contribution in [2.75, 3.05) is 44.2 Å². The summed E-state index contributed by atoms with van der Waals surface area (Å²) in [6.07, 6.45) is 2.87. The fraction of sp³-hybridized carbons (Fsp3) is 0.571. The molecular formula is C21H29ClN4O3. The van der Waals surface area contributed by atoms with Gasteiger partial charge in [0, 0.05) is 37.8 Å². The number of likely N-dealkylation sites (tertiary alicyclic amines) is 1. The number of nitrogens with one attached hydrogen (secondary N) is 2. The van der Waals surface area contributed by atoms with Crippen LogP contribution >= 0.6 is 12.4 Å². The summed E-state index contributed by atoms with van der Waals surface area (Å²) in [5, 5.41) is 6.02. The summed E-state index contributed by atoms with van der Waals surface area (Å²) in [5.41, 5.74) is 2.58. The first-order chi connectivity index (χ1) is 13.5. The number of halogens is 1. The summed E-state index contributed by atoms with van der Waals surface area (Å²) in [6.45, 7) is 5.78. The minimum absolute atomic E-state index is 0. The Morgan fingerprint density at radius 3 is 2.45 bits per heavy atom. The van der Waals surface area contributed by atoms with Crippen molar-refractivity contribution in [3.05, 3.63) is 29.3 Å². The van der Waals surface area contributed by atoms with Crippen LogP contribution in [0.5, 0.6) is 0 Å². The summed E-state index contributed by atoms with van der Waals surface area (Å²) < 4.78 is 0. The van der Waals surface area contributed by atoms with Gasteiger partial charge in [-0.2, -0.15) is 0 Å². The summed E-state index contributed by atoms with van der Waals surface area (Å²) >= 11 is 0. The lowest BCUT2D eigenvalue weighted by Crippen LogP contribution is -2.38. The van der Waals surface area contributed by atoms with Crippen molar-refractivity contribution in [3.8, 4) is 0 Å². The molecule has 158 valence electrons. The fourth-order valence-electron chi connectivity index (χ4n) is 4.69. The highest BCUT2D eigenvalue weighted by Crippen LogP contribution is 2.31. The van der Waals surface area contributed by atoms with Gasteiger partial charge in [-0.25, -0.2) is 0 Å². The summed E-state index contributed by atoms with van der Waals surface area (Å²) in [6, 6.07) is 5.65. The number of benzene rings is 1. The summed E-state index contributed by atoms with van der Waals surface area (Å²) in [5.74, 6) is 1.15. The maximum Gasteiger partial charge on any atom is 0.253 e. The Kier molecular flexibility index (Phi) is 6.80. The van der Waals surface area contributed by atoms with Crippen molar-refractivity contribution < 1.29 is 14.4 Å². The van der Waals surface area contributed by atoms with Gasteiger partial charge in [0.25, 0.3) is 5.91 Å². The average molecular weight is 421 g/mol. The van der Waals surface area contributed by atoms with E-state index in [4.69, 9.17) is 0 Å². The third-order valence-electron chi connectivity index (χ3n) is 6.32. The van der Waals surface area contributed by atoms with Gasteiger partial charge in [-0.3, -0.25) is 14.4 Å². The van der Waals surface area contributed by atoms with Gasteiger partial charge in [-0.15, -0.1) is 12.4 Å². The zero-order chi connectivity index (χ0) is 19.7. The first kappa shape index (κ1) is 21.6. The van der Waals surface area contributed by atoms with Crippen LogP contribution in [0.4, 0.5) is 5.69 Å². The lowest BCUT2D eigenvalue weighted by Gasteiger charge is -2.22. The molecule has 0 radical (unpaired) electrons. The van der Waals surface area contributed by atoms with E-state index >= 15 is 0 Å². The van der Waals surface area contributed by atoms with Crippen molar-refractivity contribution in [3.63, 3.8) is 0 Å².